The fourth-order valence-electron chi connectivity index (χ4n) is 3.65. The van der Waals surface area contributed by atoms with Crippen molar-refractivity contribution in [1.82, 2.24) is 4.90 Å². The average molecular weight is 372 g/mol. The number of fused-ring (bicyclic) bond motifs is 1. The summed E-state index contributed by atoms with van der Waals surface area (Å²) in [4.78, 5) is 18.4. The molecule has 2 aromatic carbocycles. The summed E-state index contributed by atoms with van der Waals surface area (Å²) in [7, 11) is 0. The van der Waals surface area contributed by atoms with Crippen LogP contribution in [0.25, 0.3) is 10.8 Å². The normalized spacial score (nSPS) is 19.0. The number of aliphatic imine (C=N–C) groups is 1. The lowest BCUT2D eigenvalue weighted by Gasteiger charge is -2.33. The zero-order valence-electron chi connectivity index (χ0n) is 15.5. The molecule has 0 amide bonds. The maximum absolute atomic E-state index is 11.3. The van der Waals surface area contributed by atoms with Crippen molar-refractivity contribution < 1.29 is 4.92 Å². The predicted octanol–water partition coefficient (Wildman–Crippen LogP) is 5.75. The Kier molecular flexibility index (Phi) is 5.81. The van der Waals surface area contributed by atoms with E-state index in [1.165, 1.54) is 0 Å². The molecular formula is C20H25N3O2S. The largest absolute Gasteiger partial charge is 0.344 e. The van der Waals surface area contributed by atoms with Gasteiger partial charge in [0.2, 0.25) is 0 Å². The molecule has 0 bridgehead atoms. The van der Waals surface area contributed by atoms with E-state index in [9.17, 15) is 10.1 Å². The van der Waals surface area contributed by atoms with Crippen molar-refractivity contribution in [3.8, 4) is 0 Å². The van der Waals surface area contributed by atoms with E-state index in [-0.39, 0.29) is 10.6 Å². The molecule has 0 spiro atoms. The van der Waals surface area contributed by atoms with Crippen LogP contribution in [0.15, 0.2) is 41.4 Å². The Morgan fingerprint density at radius 2 is 1.88 bits per heavy atom. The highest BCUT2D eigenvalue weighted by atomic mass is 32.2. The summed E-state index contributed by atoms with van der Waals surface area (Å²) in [5.74, 6) is 1.05. The van der Waals surface area contributed by atoms with Gasteiger partial charge in [0, 0.05) is 29.3 Å². The molecule has 3 rings (SSSR count). The summed E-state index contributed by atoms with van der Waals surface area (Å²) >= 11 is 1.80. The molecule has 2 aromatic rings. The number of amidine groups is 1. The number of benzene rings is 2. The van der Waals surface area contributed by atoms with E-state index < -0.39 is 0 Å². The molecule has 0 saturated carbocycles. The van der Waals surface area contributed by atoms with Crippen LogP contribution >= 0.6 is 11.8 Å². The Labute approximate surface area is 158 Å². The molecule has 1 unspecified atom stereocenters. The zero-order chi connectivity index (χ0) is 18.7. The molecule has 6 heteroatoms. The predicted molar refractivity (Wildman–Crippen MR) is 110 cm³/mol. The highest BCUT2D eigenvalue weighted by molar-refractivity contribution is 8.14. The molecule has 0 N–H and O–H groups in total. The molecule has 138 valence electrons. The van der Waals surface area contributed by atoms with Gasteiger partial charge in [-0.25, -0.2) is 4.99 Å². The first kappa shape index (κ1) is 18.7. The van der Waals surface area contributed by atoms with Gasteiger partial charge in [0.15, 0.2) is 5.17 Å². The van der Waals surface area contributed by atoms with Gasteiger partial charge in [0.05, 0.1) is 16.0 Å². The van der Waals surface area contributed by atoms with E-state index >= 15 is 0 Å². The fourth-order valence-corrected chi connectivity index (χ4v) is 5.00. The summed E-state index contributed by atoms with van der Waals surface area (Å²) in [5, 5.41) is 13.8. The SMILES string of the molecule is CCC(CC)N1C(=Nc2ccc([N+](=O)[O-])c3ccccc23)SCC1CC. The van der Waals surface area contributed by atoms with Crippen LogP contribution in [0.5, 0.6) is 0 Å². The third kappa shape index (κ3) is 3.43. The number of non-ortho nitro benzene ring substituents is 1. The zero-order valence-corrected chi connectivity index (χ0v) is 16.3. The van der Waals surface area contributed by atoms with Crippen LogP contribution in [0.4, 0.5) is 11.4 Å². The molecule has 1 fully saturated rings. The van der Waals surface area contributed by atoms with Crippen LogP contribution in [0.3, 0.4) is 0 Å². The van der Waals surface area contributed by atoms with Crippen LogP contribution in [-0.2, 0) is 0 Å². The lowest BCUT2D eigenvalue weighted by Crippen LogP contribution is -2.41. The number of nitrogens with zero attached hydrogens (tertiary/aromatic N) is 3. The van der Waals surface area contributed by atoms with Crippen molar-refractivity contribution in [3.05, 3.63) is 46.5 Å². The summed E-state index contributed by atoms with van der Waals surface area (Å²) in [6, 6.07) is 11.8. The number of thioether (sulfide) groups is 1. The van der Waals surface area contributed by atoms with Gasteiger partial charge in [-0.15, -0.1) is 0 Å². The van der Waals surface area contributed by atoms with Crippen molar-refractivity contribution in [3.63, 3.8) is 0 Å². The van der Waals surface area contributed by atoms with Crippen molar-refractivity contribution in [1.29, 1.82) is 0 Å². The second kappa shape index (κ2) is 8.08. The van der Waals surface area contributed by atoms with Crippen molar-refractivity contribution >= 4 is 39.1 Å². The summed E-state index contributed by atoms with van der Waals surface area (Å²) in [6.45, 7) is 6.68. The van der Waals surface area contributed by atoms with Gasteiger partial charge in [-0.05, 0) is 31.4 Å². The van der Waals surface area contributed by atoms with Gasteiger partial charge in [-0.2, -0.15) is 0 Å². The van der Waals surface area contributed by atoms with E-state index in [0.29, 0.717) is 17.5 Å². The van der Waals surface area contributed by atoms with E-state index in [2.05, 4.69) is 25.7 Å². The number of hydrogen-bond donors (Lipinski definition) is 0. The molecule has 1 aliphatic rings. The first-order valence-electron chi connectivity index (χ1n) is 9.26. The topological polar surface area (TPSA) is 58.7 Å². The highest BCUT2D eigenvalue weighted by Crippen LogP contribution is 2.37. The minimum atomic E-state index is -0.326. The Hall–Kier alpha value is -2.08. The van der Waals surface area contributed by atoms with Crippen LogP contribution in [0.2, 0.25) is 0 Å². The van der Waals surface area contributed by atoms with Gasteiger partial charge >= 0.3 is 0 Å². The first-order chi connectivity index (χ1) is 12.6. The fraction of sp³-hybridized carbons (Fsp3) is 0.450. The Morgan fingerprint density at radius 3 is 2.50 bits per heavy atom. The van der Waals surface area contributed by atoms with Crippen molar-refractivity contribution in [2.24, 2.45) is 4.99 Å². The molecule has 1 aliphatic heterocycles. The monoisotopic (exact) mass is 371 g/mol. The lowest BCUT2D eigenvalue weighted by atomic mass is 10.1. The quantitative estimate of drug-likeness (QED) is 0.479. The molecule has 0 aromatic heterocycles. The van der Waals surface area contributed by atoms with Crippen molar-refractivity contribution in [2.75, 3.05) is 5.75 Å². The molecule has 0 radical (unpaired) electrons. The molecule has 1 saturated heterocycles. The number of hydrogen-bond acceptors (Lipinski definition) is 4. The number of nitro groups is 1. The van der Waals surface area contributed by atoms with Crippen LogP contribution < -0.4 is 0 Å². The molecule has 1 heterocycles. The van der Waals surface area contributed by atoms with Gasteiger partial charge in [-0.3, -0.25) is 10.1 Å². The van der Waals surface area contributed by atoms with Crippen LogP contribution in [0.1, 0.15) is 40.0 Å². The second-order valence-corrected chi connectivity index (χ2v) is 7.54. The lowest BCUT2D eigenvalue weighted by molar-refractivity contribution is -0.383. The molecule has 0 aliphatic carbocycles. The van der Waals surface area contributed by atoms with Gasteiger partial charge < -0.3 is 4.90 Å². The van der Waals surface area contributed by atoms with Crippen molar-refractivity contribution in [2.45, 2.75) is 52.1 Å². The minimum Gasteiger partial charge on any atom is -0.344 e. The second-order valence-electron chi connectivity index (χ2n) is 6.55. The van der Waals surface area contributed by atoms with E-state index in [4.69, 9.17) is 4.99 Å². The standard InChI is InChI=1S/C20H25N3O2S/c1-4-14(5-2)22-15(6-3)13-26-20(22)21-18-11-12-19(23(24)25)17-10-8-7-9-16(17)18/h7-12,14-15H,4-6,13H2,1-3H3. The molecule has 5 nitrogen and oxygen atoms in total. The Bertz CT molecular complexity index is 833. The number of nitro benzene ring substituents is 1. The average Bonchev–Trinajstić information content (AvgIpc) is 3.05. The summed E-state index contributed by atoms with van der Waals surface area (Å²) < 4.78 is 0. The van der Waals surface area contributed by atoms with Crippen LogP contribution in [0, 0.1) is 10.1 Å². The summed E-state index contributed by atoms with van der Waals surface area (Å²) in [5.41, 5.74) is 0.938. The van der Waals surface area contributed by atoms with E-state index in [1.54, 1.807) is 30.0 Å². The third-order valence-electron chi connectivity index (χ3n) is 5.12. The minimum absolute atomic E-state index is 0.131. The first-order valence-corrected chi connectivity index (χ1v) is 10.2. The smallest absolute Gasteiger partial charge is 0.277 e. The maximum Gasteiger partial charge on any atom is 0.277 e. The van der Waals surface area contributed by atoms with E-state index in [0.717, 1.165) is 41.3 Å². The maximum atomic E-state index is 11.3. The van der Waals surface area contributed by atoms with Gasteiger partial charge in [-0.1, -0.05) is 50.7 Å². The molecular weight excluding hydrogens is 346 g/mol. The van der Waals surface area contributed by atoms with Crippen LogP contribution in [-0.4, -0.2) is 32.8 Å². The molecule has 26 heavy (non-hydrogen) atoms. The van der Waals surface area contributed by atoms with Gasteiger partial charge in [0.1, 0.15) is 0 Å². The Balaban J connectivity index is 2.09. The number of rotatable bonds is 6. The summed E-state index contributed by atoms with van der Waals surface area (Å²) in [6.07, 6.45) is 3.28. The highest BCUT2D eigenvalue weighted by Gasteiger charge is 2.33. The van der Waals surface area contributed by atoms with E-state index in [1.807, 2.05) is 18.2 Å². The Morgan fingerprint density at radius 1 is 1.19 bits per heavy atom. The van der Waals surface area contributed by atoms with Gasteiger partial charge in [0.25, 0.3) is 5.69 Å². The molecule has 1 atom stereocenters. The third-order valence-corrected chi connectivity index (χ3v) is 6.23.